The maximum absolute atomic E-state index is 12.0. The molecule has 0 aromatic heterocycles. The van der Waals surface area contributed by atoms with Gasteiger partial charge in [-0.2, -0.15) is 4.31 Å². The molecule has 22 heavy (non-hydrogen) atoms. The van der Waals surface area contributed by atoms with Crippen molar-refractivity contribution in [2.24, 2.45) is 0 Å². The van der Waals surface area contributed by atoms with Crippen LogP contribution in [0.4, 0.5) is 0 Å². The second-order valence-electron chi connectivity index (χ2n) is 4.92. The van der Waals surface area contributed by atoms with Crippen LogP contribution in [0.5, 0.6) is 0 Å². The molecule has 0 aliphatic carbocycles. The Morgan fingerprint density at radius 2 is 1.73 bits per heavy atom. The predicted molar refractivity (Wildman–Crippen MR) is 73.0 cm³/mol. The Kier molecular flexibility index (Phi) is 3.45. The minimum atomic E-state index is -3.45. The number of fused-ring (bicyclic) bond motifs is 1. The van der Waals surface area contributed by atoms with E-state index in [1.165, 1.54) is 12.1 Å². The van der Waals surface area contributed by atoms with Crippen molar-refractivity contribution in [2.75, 3.05) is 18.8 Å². The SMILES string of the molecule is O=C(CN1CCCS1(=O)=O)ON1C(=O)c2ccccc2C1=O. The van der Waals surface area contributed by atoms with Gasteiger partial charge in [0.2, 0.25) is 10.0 Å². The van der Waals surface area contributed by atoms with Crippen molar-refractivity contribution in [3.8, 4) is 0 Å². The minimum absolute atomic E-state index is 0.0205. The molecule has 0 spiro atoms. The largest absolute Gasteiger partial charge is 0.348 e. The van der Waals surface area contributed by atoms with Gasteiger partial charge in [-0.3, -0.25) is 9.59 Å². The lowest BCUT2D eigenvalue weighted by molar-refractivity contribution is -0.168. The molecule has 0 radical (unpaired) electrons. The van der Waals surface area contributed by atoms with Gasteiger partial charge >= 0.3 is 5.97 Å². The third-order valence-electron chi connectivity index (χ3n) is 3.46. The molecule has 1 saturated heterocycles. The maximum atomic E-state index is 12.0. The van der Waals surface area contributed by atoms with Crippen LogP contribution in [-0.4, -0.2) is 54.4 Å². The number of imide groups is 1. The van der Waals surface area contributed by atoms with Gasteiger partial charge in [-0.25, -0.2) is 13.2 Å². The minimum Gasteiger partial charge on any atom is -0.328 e. The summed E-state index contributed by atoms with van der Waals surface area (Å²) in [6.45, 7) is -0.296. The predicted octanol–water partition coefficient (Wildman–Crippen LogP) is -0.224. The van der Waals surface area contributed by atoms with Gasteiger partial charge in [0.05, 0.1) is 16.9 Å². The normalized spacial score (nSPS) is 20.3. The summed E-state index contributed by atoms with van der Waals surface area (Å²) in [7, 11) is -3.45. The summed E-state index contributed by atoms with van der Waals surface area (Å²) in [4.78, 5) is 40.6. The smallest absolute Gasteiger partial charge is 0.328 e. The molecular weight excluding hydrogens is 312 g/mol. The first-order chi connectivity index (χ1) is 10.4. The third-order valence-corrected chi connectivity index (χ3v) is 5.36. The van der Waals surface area contributed by atoms with E-state index in [9.17, 15) is 22.8 Å². The quantitative estimate of drug-likeness (QED) is 0.712. The first-order valence-electron chi connectivity index (χ1n) is 6.56. The number of hydrogen-bond acceptors (Lipinski definition) is 6. The lowest BCUT2D eigenvalue weighted by Crippen LogP contribution is -2.38. The molecule has 0 saturated carbocycles. The summed E-state index contributed by atoms with van der Waals surface area (Å²) < 4.78 is 24.2. The number of carbonyl (C=O) groups excluding carboxylic acids is 3. The van der Waals surface area contributed by atoms with Crippen LogP contribution in [0.25, 0.3) is 0 Å². The Bertz CT molecular complexity index is 737. The highest BCUT2D eigenvalue weighted by Gasteiger charge is 2.39. The van der Waals surface area contributed by atoms with E-state index < -0.39 is 34.4 Å². The van der Waals surface area contributed by atoms with Crippen LogP contribution in [0.15, 0.2) is 24.3 Å². The lowest BCUT2D eigenvalue weighted by atomic mass is 10.1. The van der Waals surface area contributed by atoms with Gasteiger partial charge in [-0.1, -0.05) is 17.2 Å². The second kappa shape index (κ2) is 5.18. The van der Waals surface area contributed by atoms with Crippen molar-refractivity contribution in [1.29, 1.82) is 0 Å². The monoisotopic (exact) mass is 324 g/mol. The number of sulfonamides is 1. The molecule has 2 aliphatic rings. The van der Waals surface area contributed by atoms with Gasteiger partial charge in [0.25, 0.3) is 11.8 Å². The van der Waals surface area contributed by atoms with E-state index in [1.54, 1.807) is 12.1 Å². The van der Waals surface area contributed by atoms with Crippen LogP contribution in [0, 0.1) is 0 Å². The number of carbonyl (C=O) groups is 3. The molecule has 9 heteroatoms. The zero-order valence-corrected chi connectivity index (χ0v) is 12.2. The van der Waals surface area contributed by atoms with Crippen molar-refractivity contribution in [1.82, 2.24) is 9.37 Å². The summed E-state index contributed by atoms with van der Waals surface area (Å²) in [5.41, 5.74) is 0.295. The molecule has 2 heterocycles. The fraction of sp³-hybridized carbons (Fsp3) is 0.308. The van der Waals surface area contributed by atoms with Crippen molar-refractivity contribution < 1.29 is 27.6 Å². The Hall–Kier alpha value is -2.26. The number of hydrogen-bond donors (Lipinski definition) is 0. The Morgan fingerprint density at radius 3 is 2.23 bits per heavy atom. The van der Waals surface area contributed by atoms with E-state index in [0.29, 0.717) is 11.5 Å². The maximum Gasteiger partial charge on any atom is 0.348 e. The molecule has 8 nitrogen and oxygen atoms in total. The Morgan fingerprint density at radius 1 is 1.14 bits per heavy atom. The van der Waals surface area contributed by atoms with Gasteiger partial charge in [-0.15, -0.1) is 0 Å². The average molecular weight is 324 g/mol. The molecule has 0 atom stereocenters. The summed E-state index contributed by atoms with van der Waals surface area (Å²) in [5.74, 6) is -2.47. The fourth-order valence-corrected chi connectivity index (χ4v) is 3.86. The highest BCUT2D eigenvalue weighted by atomic mass is 32.2. The van der Waals surface area contributed by atoms with Crippen LogP contribution in [-0.2, 0) is 19.7 Å². The average Bonchev–Trinajstić information content (AvgIpc) is 2.92. The number of nitrogens with zero attached hydrogens (tertiary/aromatic N) is 2. The molecule has 1 aromatic rings. The molecule has 0 N–H and O–H groups in total. The molecule has 0 unspecified atom stereocenters. The van der Waals surface area contributed by atoms with Crippen molar-refractivity contribution in [2.45, 2.75) is 6.42 Å². The van der Waals surface area contributed by atoms with E-state index >= 15 is 0 Å². The molecule has 2 amide bonds. The van der Waals surface area contributed by atoms with Crippen LogP contribution >= 0.6 is 0 Å². The standard InChI is InChI=1S/C13H12N2O6S/c16-11(8-14-6-3-7-22(14,19)20)21-15-12(17)9-4-1-2-5-10(9)13(15)18/h1-2,4-5H,3,6-8H2. The van der Waals surface area contributed by atoms with Gasteiger partial charge in [0.1, 0.15) is 6.54 Å². The number of amides is 2. The number of benzene rings is 1. The van der Waals surface area contributed by atoms with Crippen molar-refractivity contribution in [3.63, 3.8) is 0 Å². The first kappa shape index (κ1) is 14.7. The molecule has 3 rings (SSSR count). The zero-order valence-electron chi connectivity index (χ0n) is 11.4. The van der Waals surface area contributed by atoms with Gasteiger partial charge < -0.3 is 4.84 Å². The molecule has 116 valence electrons. The summed E-state index contributed by atoms with van der Waals surface area (Å²) in [6.07, 6.45) is 0.433. The highest BCUT2D eigenvalue weighted by Crippen LogP contribution is 2.23. The lowest BCUT2D eigenvalue weighted by Gasteiger charge is -2.16. The first-order valence-corrected chi connectivity index (χ1v) is 8.17. The third kappa shape index (κ3) is 2.38. The van der Waals surface area contributed by atoms with Gasteiger partial charge in [-0.05, 0) is 18.6 Å². The topological polar surface area (TPSA) is 101 Å². The zero-order chi connectivity index (χ0) is 15.9. The van der Waals surface area contributed by atoms with Crippen LogP contribution in [0.3, 0.4) is 0 Å². The van der Waals surface area contributed by atoms with Gasteiger partial charge in [0, 0.05) is 6.54 Å². The second-order valence-corrected chi connectivity index (χ2v) is 7.01. The van der Waals surface area contributed by atoms with E-state index in [1.807, 2.05) is 0 Å². The molecular formula is C13H12N2O6S. The number of rotatable bonds is 3. The van der Waals surface area contributed by atoms with E-state index in [4.69, 9.17) is 4.84 Å². The Balaban J connectivity index is 1.71. The highest BCUT2D eigenvalue weighted by molar-refractivity contribution is 7.89. The molecule has 1 fully saturated rings. The summed E-state index contributed by atoms with van der Waals surface area (Å²) in [5, 5.41) is 0.371. The van der Waals surface area contributed by atoms with E-state index in [0.717, 1.165) is 4.31 Å². The van der Waals surface area contributed by atoms with Crippen LogP contribution < -0.4 is 0 Å². The number of hydroxylamine groups is 2. The van der Waals surface area contributed by atoms with Crippen LogP contribution in [0.1, 0.15) is 27.1 Å². The van der Waals surface area contributed by atoms with E-state index in [-0.39, 0.29) is 23.4 Å². The fourth-order valence-electron chi connectivity index (χ4n) is 2.39. The van der Waals surface area contributed by atoms with Crippen molar-refractivity contribution >= 4 is 27.8 Å². The van der Waals surface area contributed by atoms with Crippen LogP contribution in [0.2, 0.25) is 0 Å². The Labute approximate surface area is 126 Å². The summed E-state index contributed by atoms with van der Waals surface area (Å²) >= 11 is 0. The molecule has 2 aliphatic heterocycles. The molecule has 0 bridgehead atoms. The van der Waals surface area contributed by atoms with Crippen molar-refractivity contribution in [3.05, 3.63) is 35.4 Å². The van der Waals surface area contributed by atoms with Gasteiger partial charge in [0.15, 0.2) is 0 Å². The summed E-state index contributed by atoms with van der Waals surface area (Å²) in [6, 6.07) is 6.08. The molecule has 1 aromatic carbocycles. The van der Waals surface area contributed by atoms with E-state index in [2.05, 4.69) is 0 Å².